The molecule has 4 heteroatoms. The molecule has 0 aromatic heterocycles. The maximum atomic E-state index is 11.5. The van der Waals surface area contributed by atoms with Crippen molar-refractivity contribution in [3.63, 3.8) is 0 Å². The van der Waals surface area contributed by atoms with Gasteiger partial charge in [0.1, 0.15) is 11.6 Å². The second-order valence-corrected chi connectivity index (χ2v) is 4.70. The molecule has 0 spiro atoms. The summed E-state index contributed by atoms with van der Waals surface area (Å²) in [6.07, 6.45) is 0.881. The zero-order chi connectivity index (χ0) is 13.8. The van der Waals surface area contributed by atoms with E-state index in [-0.39, 0.29) is 29.9 Å². The van der Waals surface area contributed by atoms with Crippen molar-refractivity contribution in [1.29, 1.82) is 0 Å². The molecule has 1 saturated carbocycles. The minimum absolute atomic E-state index is 0.00396. The molecule has 0 heterocycles. The topological polar surface area (TPSA) is 60.4 Å². The van der Waals surface area contributed by atoms with Crippen molar-refractivity contribution in [2.75, 3.05) is 6.61 Å². The minimum atomic E-state index is -0.357. The van der Waals surface area contributed by atoms with Gasteiger partial charge in [-0.15, -0.1) is 0 Å². The number of hydrogen-bond donors (Lipinski definition) is 0. The Bertz CT molecular complexity index is 485. The summed E-state index contributed by atoms with van der Waals surface area (Å²) in [4.78, 5) is 34.4. The average Bonchev–Trinajstić information content (AvgIpc) is 2.38. The summed E-state index contributed by atoms with van der Waals surface area (Å²) in [5.41, 5.74) is 1.41. The van der Waals surface area contributed by atoms with Crippen LogP contribution in [0.4, 0.5) is 0 Å². The zero-order valence-corrected chi connectivity index (χ0v) is 10.8. The Labute approximate surface area is 111 Å². The third-order valence-electron chi connectivity index (χ3n) is 3.24. The van der Waals surface area contributed by atoms with Crippen LogP contribution in [0.3, 0.4) is 0 Å². The van der Waals surface area contributed by atoms with Crippen molar-refractivity contribution in [3.8, 4) is 0 Å². The molecule has 100 valence electrons. The van der Waals surface area contributed by atoms with Crippen LogP contribution in [-0.4, -0.2) is 24.1 Å². The van der Waals surface area contributed by atoms with Crippen molar-refractivity contribution in [2.24, 2.45) is 0 Å². The number of hydrogen-bond acceptors (Lipinski definition) is 4. The second kappa shape index (κ2) is 5.78. The molecule has 19 heavy (non-hydrogen) atoms. The van der Waals surface area contributed by atoms with E-state index in [1.54, 1.807) is 31.2 Å². The number of Topliss-reactive ketones (excluding diaryl/α,β-unsaturated/α-hetero) is 2. The van der Waals surface area contributed by atoms with Crippen LogP contribution >= 0.6 is 0 Å². The van der Waals surface area contributed by atoms with Gasteiger partial charge in [-0.2, -0.15) is 0 Å². The predicted octanol–water partition coefficient (Wildman–Crippen LogP) is 2.27. The molecule has 0 aliphatic heterocycles. The third kappa shape index (κ3) is 3.28. The first kappa shape index (κ1) is 13.5. The highest BCUT2D eigenvalue weighted by molar-refractivity contribution is 6.02. The zero-order valence-electron chi connectivity index (χ0n) is 10.8. The molecule has 1 fully saturated rings. The molecule has 0 saturated heterocycles. The monoisotopic (exact) mass is 260 g/mol. The Balaban J connectivity index is 2.11. The van der Waals surface area contributed by atoms with Crippen LogP contribution in [0.5, 0.6) is 0 Å². The predicted molar refractivity (Wildman–Crippen MR) is 69.0 cm³/mol. The van der Waals surface area contributed by atoms with Crippen LogP contribution in [0.2, 0.25) is 0 Å². The van der Waals surface area contributed by atoms with E-state index in [9.17, 15) is 14.4 Å². The van der Waals surface area contributed by atoms with E-state index in [4.69, 9.17) is 4.74 Å². The van der Waals surface area contributed by atoms with Crippen LogP contribution in [-0.2, 0) is 14.3 Å². The number of rotatable bonds is 3. The lowest BCUT2D eigenvalue weighted by atomic mass is 9.82. The highest BCUT2D eigenvalue weighted by Gasteiger charge is 2.26. The fourth-order valence-electron chi connectivity index (χ4n) is 2.33. The Morgan fingerprint density at radius 3 is 2.26 bits per heavy atom. The summed E-state index contributed by atoms with van der Waals surface area (Å²) in [5, 5.41) is 0. The number of benzene rings is 1. The number of esters is 1. The van der Waals surface area contributed by atoms with Gasteiger partial charge in [-0.25, -0.2) is 4.79 Å². The molecule has 0 bridgehead atoms. The van der Waals surface area contributed by atoms with E-state index in [0.29, 0.717) is 25.0 Å². The number of ether oxygens (including phenoxy) is 1. The van der Waals surface area contributed by atoms with Crippen LogP contribution in [0.15, 0.2) is 24.3 Å². The molecule has 1 aliphatic carbocycles. The molecule has 0 atom stereocenters. The quantitative estimate of drug-likeness (QED) is 0.618. The summed E-state index contributed by atoms with van der Waals surface area (Å²) >= 11 is 0. The van der Waals surface area contributed by atoms with Crippen molar-refractivity contribution in [2.45, 2.75) is 32.1 Å². The van der Waals surface area contributed by atoms with Gasteiger partial charge in [0.15, 0.2) is 0 Å². The molecule has 1 aromatic carbocycles. The summed E-state index contributed by atoms with van der Waals surface area (Å²) in [6.45, 7) is 2.09. The Morgan fingerprint density at radius 1 is 1.16 bits per heavy atom. The summed E-state index contributed by atoms with van der Waals surface area (Å²) < 4.78 is 4.90. The first-order valence-electron chi connectivity index (χ1n) is 6.40. The SMILES string of the molecule is CCOC(=O)c1ccc(C2CC(=O)CC(=O)C2)cc1. The van der Waals surface area contributed by atoms with E-state index in [1.165, 1.54) is 0 Å². The Hall–Kier alpha value is -1.97. The van der Waals surface area contributed by atoms with Crippen molar-refractivity contribution in [3.05, 3.63) is 35.4 Å². The van der Waals surface area contributed by atoms with Gasteiger partial charge in [0.05, 0.1) is 18.6 Å². The normalized spacial score (nSPS) is 16.5. The van der Waals surface area contributed by atoms with Gasteiger partial charge < -0.3 is 4.74 Å². The molecule has 1 aromatic rings. The highest BCUT2D eigenvalue weighted by Crippen LogP contribution is 2.29. The van der Waals surface area contributed by atoms with Crippen LogP contribution in [0.25, 0.3) is 0 Å². The number of carbonyl (C=O) groups excluding carboxylic acids is 3. The van der Waals surface area contributed by atoms with Crippen LogP contribution < -0.4 is 0 Å². The molecular weight excluding hydrogens is 244 g/mol. The van der Waals surface area contributed by atoms with Gasteiger partial charge in [-0.1, -0.05) is 12.1 Å². The molecule has 4 nitrogen and oxygen atoms in total. The fraction of sp³-hybridized carbons (Fsp3) is 0.400. The molecular formula is C15H16O4. The first-order chi connectivity index (χ1) is 9.10. The first-order valence-corrected chi connectivity index (χ1v) is 6.40. The highest BCUT2D eigenvalue weighted by atomic mass is 16.5. The van der Waals surface area contributed by atoms with Gasteiger partial charge in [0, 0.05) is 12.8 Å². The smallest absolute Gasteiger partial charge is 0.338 e. The van der Waals surface area contributed by atoms with Gasteiger partial charge >= 0.3 is 5.97 Å². The minimum Gasteiger partial charge on any atom is -0.462 e. The van der Waals surface area contributed by atoms with Crippen LogP contribution in [0.1, 0.15) is 48.0 Å². The van der Waals surface area contributed by atoms with E-state index in [0.717, 1.165) is 5.56 Å². The lowest BCUT2D eigenvalue weighted by molar-refractivity contribution is -0.130. The van der Waals surface area contributed by atoms with E-state index in [1.807, 2.05) is 0 Å². The number of ketones is 2. The molecule has 2 rings (SSSR count). The van der Waals surface area contributed by atoms with Gasteiger partial charge in [-0.3, -0.25) is 9.59 Å². The lowest BCUT2D eigenvalue weighted by Crippen LogP contribution is -2.21. The molecule has 0 radical (unpaired) electrons. The fourth-order valence-corrected chi connectivity index (χ4v) is 2.33. The maximum absolute atomic E-state index is 11.5. The Kier molecular flexibility index (Phi) is 4.10. The van der Waals surface area contributed by atoms with Crippen molar-refractivity contribution >= 4 is 17.5 Å². The van der Waals surface area contributed by atoms with Crippen molar-refractivity contribution in [1.82, 2.24) is 0 Å². The lowest BCUT2D eigenvalue weighted by Gasteiger charge is -2.20. The summed E-state index contributed by atoms with van der Waals surface area (Å²) in [5.74, 6) is -0.415. The molecule has 0 N–H and O–H groups in total. The number of carbonyl (C=O) groups is 3. The van der Waals surface area contributed by atoms with Crippen molar-refractivity contribution < 1.29 is 19.1 Å². The van der Waals surface area contributed by atoms with Crippen LogP contribution in [0, 0.1) is 0 Å². The largest absolute Gasteiger partial charge is 0.462 e. The van der Waals surface area contributed by atoms with E-state index >= 15 is 0 Å². The van der Waals surface area contributed by atoms with E-state index in [2.05, 4.69) is 0 Å². The average molecular weight is 260 g/mol. The second-order valence-electron chi connectivity index (χ2n) is 4.70. The molecule has 0 amide bonds. The summed E-state index contributed by atoms with van der Waals surface area (Å²) in [6, 6.07) is 6.94. The summed E-state index contributed by atoms with van der Waals surface area (Å²) in [7, 11) is 0. The van der Waals surface area contributed by atoms with Gasteiger partial charge in [-0.05, 0) is 30.5 Å². The van der Waals surface area contributed by atoms with Gasteiger partial charge in [0.2, 0.25) is 0 Å². The maximum Gasteiger partial charge on any atom is 0.338 e. The standard InChI is InChI=1S/C15H16O4/c1-2-19-15(18)11-5-3-10(4-6-11)12-7-13(16)9-14(17)8-12/h3-6,12H,2,7-9H2,1H3. The van der Waals surface area contributed by atoms with Gasteiger partial charge in [0.25, 0.3) is 0 Å². The third-order valence-corrected chi connectivity index (χ3v) is 3.24. The molecule has 1 aliphatic rings. The molecule has 0 unspecified atom stereocenters. The Morgan fingerprint density at radius 2 is 1.74 bits per heavy atom. The van der Waals surface area contributed by atoms with E-state index < -0.39 is 0 Å².